The molecule has 2 aliphatic heterocycles. The lowest BCUT2D eigenvalue weighted by Gasteiger charge is -2.40. The minimum Gasteiger partial charge on any atom is -0.345 e. The van der Waals surface area contributed by atoms with Crippen LogP contribution in [0.1, 0.15) is 35.2 Å². The van der Waals surface area contributed by atoms with Gasteiger partial charge in [0.15, 0.2) is 0 Å². The van der Waals surface area contributed by atoms with Crippen molar-refractivity contribution < 1.29 is 9.59 Å². The molecule has 0 bridgehead atoms. The van der Waals surface area contributed by atoms with Crippen LogP contribution in [0.5, 0.6) is 0 Å². The Morgan fingerprint density at radius 1 is 1.15 bits per heavy atom. The molecule has 3 rings (SSSR count). The largest absolute Gasteiger partial charge is 0.345 e. The molecule has 0 aromatic heterocycles. The van der Waals surface area contributed by atoms with E-state index in [4.69, 9.17) is 0 Å². The van der Waals surface area contributed by atoms with E-state index >= 15 is 0 Å². The standard InChI is InChI=1S/C20H30N4O2/c1-15-16(18(25)22(2)3)7-5-8-17(15)21-19(26)24-11-6-9-20(14-24)10-12-23(4)13-20/h5,7-8H,6,9-14H2,1-4H3,(H,21,26)/t20-/m0/s1. The fourth-order valence-electron chi connectivity index (χ4n) is 4.31. The molecule has 2 aliphatic rings. The lowest BCUT2D eigenvalue weighted by Crippen LogP contribution is -2.48. The quantitative estimate of drug-likeness (QED) is 0.884. The van der Waals surface area contributed by atoms with Crippen LogP contribution < -0.4 is 5.32 Å². The van der Waals surface area contributed by atoms with Gasteiger partial charge in [0.25, 0.3) is 5.91 Å². The van der Waals surface area contributed by atoms with E-state index in [0.717, 1.165) is 38.2 Å². The van der Waals surface area contributed by atoms with Crippen LogP contribution in [0.2, 0.25) is 0 Å². The first-order valence-corrected chi connectivity index (χ1v) is 9.37. The SMILES string of the molecule is Cc1c(NC(=O)N2CCC[C@@]3(CCN(C)C3)C2)cccc1C(=O)N(C)C. The second-order valence-corrected chi connectivity index (χ2v) is 8.12. The van der Waals surface area contributed by atoms with E-state index in [1.54, 1.807) is 25.1 Å². The molecule has 3 amide bonds. The smallest absolute Gasteiger partial charge is 0.321 e. The van der Waals surface area contributed by atoms with Gasteiger partial charge >= 0.3 is 6.03 Å². The van der Waals surface area contributed by atoms with Crippen molar-refractivity contribution in [3.05, 3.63) is 29.3 Å². The third kappa shape index (κ3) is 3.70. The van der Waals surface area contributed by atoms with E-state index in [1.807, 2.05) is 24.0 Å². The number of hydrogen-bond acceptors (Lipinski definition) is 3. The maximum atomic E-state index is 12.9. The van der Waals surface area contributed by atoms with Crippen LogP contribution in [0.4, 0.5) is 10.5 Å². The number of benzene rings is 1. The van der Waals surface area contributed by atoms with Crippen LogP contribution >= 0.6 is 0 Å². The number of hydrogen-bond donors (Lipinski definition) is 1. The monoisotopic (exact) mass is 358 g/mol. The molecule has 6 nitrogen and oxygen atoms in total. The molecular formula is C20H30N4O2. The van der Waals surface area contributed by atoms with Crippen LogP contribution in [0.25, 0.3) is 0 Å². The first kappa shape index (κ1) is 18.7. The number of rotatable bonds is 2. The number of nitrogens with one attached hydrogen (secondary N) is 1. The minimum absolute atomic E-state index is 0.0514. The molecule has 1 spiro atoms. The second kappa shape index (κ2) is 7.27. The average Bonchev–Trinajstić information content (AvgIpc) is 2.96. The second-order valence-electron chi connectivity index (χ2n) is 8.12. The van der Waals surface area contributed by atoms with Crippen molar-refractivity contribution in [2.45, 2.75) is 26.2 Å². The highest BCUT2D eigenvalue weighted by Crippen LogP contribution is 2.38. The number of nitrogens with zero attached hydrogens (tertiary/aromatic N) is 3. The molecule has 0 aliphatic carbocycles. The van der Waals surface area contributed by atoms with Gasteiger partial charge in [-0.05, 0) is 57.5 Å². The Bertz CT molecular complexity index is 699. The van der Waals surface area contributed by atoms with Gasteiger partial charge in [0.2, 0.25) is 0 Å². The third-order valence-electron chi connectivity index (χ3n) is 5.79. The molecule has 2 heterocycles. The molecule has 0 radical (unpaired) electrons. The molecular weight excluding hydrogens is 328 g/mol. The lowest BCUT2D eigenvalue weighted by molar-refractivity contribution is 0.0827. The number of carbonyl (C=O) groups excluding carboxylic acids is 2. The van der Waals surface area contributed by atoms with E-state index in [-0.39, 0.29) is 17.4 Å². The molecule has 1 N–H and O–H groups in total. The van der Waals surface area contributed by atoms with Crippen molar-refractivity contribution in [3.8, 4) is 0 Å². The number of likely N-dealkylation sites (tertiary alicyclic amines) is 2. The van der Waals surface area contributed by atoms with Crippen molar-refractivity contribution in [1.29, 1.82) is 0 Å². The molecule has 26 heavy (non-hydrogen) atoms. The zero-order chi connectivity index (χ0) is 18.9. The maximum Gasteiger partial charge on any atom is 0.321 e. The van der Waals surface area contributed by atoms with Crippen LogP contribution in [-0.4, -0.2) is 74.0 Å². The Morgan fingerprint density at radius 3 is 2.58 bits per heavy atom. The Labute approximate surface area is 156 Å². The number of carbonyl (C=O) groups is 2. The average molecular weight is 358 g/mol. The number of piperidine rings is 1. The summed E-state index contributed by atoms with van der Waals surface area (Å²) in [5, 5.41) is 3.03. The highest BCUT2D eigenvalue weighted by Gasteiger charge is 2.41. The molecule has 6 heteroatoms. The van der Waals surface area contributed by atoms with Crippen LogP contribution in [0.3, 0.4) is 0 Å². The summed E-state index contributed by atoms with van der Waals surface area (Å²) < 4.78 is 0. The summed E-state index contributed by atoms with van der Waals surface area (Å²) in [6.07, 6.45) is 3.42. The molecule has 2 saturated heterocycles. The van der Waals surface area contributed by atoms with Crippen LogP contribution in [0, 0.1) is 12.3 Å². The van der Waals surface area contributed by atoms with Crippen molar-refractivity contribution in [1.82, 2.24) is 14.7 Å². The highest BCUT2D eigenvalue weighted by molar-refractivity contribution is 5.98. The van der Waals surface area contributed by atoms with Gasteiger partial charge in [0, 0.05) is 50.4 Å². The van der Waals surface area contributed by atoms with Crippen molar-refractivity contribution in [2.24, 2.45) is 5.41 Å². The van der Waals surface area contributed by atoms with Crippen molar-refractivity contribution in [2.75, 3.05) is 52.6 Å². The molecule has 1 atom stereocenters. The van der Waals surface area contributed by atoms with E-state index in [1.165, 1.54) is 12.8 Å². The van der Waals surface area contributed by atoms with Crippen LogP contribution in [-0.2, 0) is 0 Å². The van der Waals surface area contributed by atoms with Gasteiger partial charge in [-0.1, -0.05) is 6.07 Å². The summed E-state index contributed by atoms with van der Waals surface area (Å²) in [6.45, 7) is 5.69. The van der Waals surface area contributed by atoms with E-state index in [0.29, 0.717) is 11.3 Å². The summed E-state index contributed by atoms with van der Waals surface area (Å²) in [5.74, 6) is -0.0514. The third-order valence-corrected chi connectivity index (χ3v) is 5.79. The first-order chi connectivity index (χ1) is 12.3. The summed E-state index contributed by atoms with van der Waals surface area (Å²) in [6, 6.07) is 5.43. The fraction of sp³-hybridized carbons (Fsp3) is 0.600. The van der Waals surface area contributed by atoms with Crippen molar-refractivity contribution in [3.63, 3.8) is 0 Å². The summed E-state index contributed by atoms with van der Waals surface area (Å²) in [5.41, 5.74) is 2.40. The Kier molecular flexibility index (Phi) is 5.23. The minimum atomic E-state index is -0.0591. The number of urea groups is 1. The number of anilines is 1. The van der Waals surface area contributed by atoms with Gasteiger partial charge < -0.3 is 20.0 Å². The first-order valence-electron chi connectivity index (χ1n) is 9.37. The predicted molar refractivity (Wildman–Crippen MR) is 104 cm³/mol. The van der Waals surface area contributed by atoms with Crippen molar-refractivity contribution >= 4 is 17.6 Å². The molecule has 2 fully saturated rings. The maximum absolute atomic E-state index is 12.9. The Hall–Kier alpha value is -2.08. The van der Waals surface area contributed by atoms with E-state index < -0.39 is 0 Å². The van der Waals surface area contributed by atoms with Gasteiger partial charge in [0.1, 0.15) is 0 Å². The lowest BCUT2D eigenvalue weighted by atomic mass is 9.79. The van der Waals surface area contributed by atoms with Gasteiger partial charge in [-0.25, -0.2) is 4.79 Å². The van der Waals surface area contributed by atoms with Gasteiger partial charge in [-0.2, -0.15) is 0 Å². The fourth-order valence-corrected chi connectivity index (χ4v) is 4.31. The summed E-state index contributed by atoms with van der Waals surface area (Å²) in [4.78, 5) is 31.0. The van der Waals surface area contributed by atoms with E-state index in [9.17, 15) is 9.59 Å². The molecule has 0 saturated carbocycles. The number of amides is 3. The zero-order valence-electron chi connectivity index (χ0n) is 16.3. The van der Waals surface area contributed by atoms with Gasteiger partial charge in [-0.3, -0.25) is 4.79 Å². The zero-order valence-corrected chi connectivity index (χ0v) is 16.3. The molecule has 142 valence electrons. The normalized spacial score (nSPS) is 23.3. The van der Waals surface area contributed by atoms with E-state index in [2.05, 4.69) is 17.3 Å². The molecule has 0 unspecified atom stereocenters. The summed E-state index contributed by atoms with van der Waals surface area (Å²) in [7, 11) is 5.63. The molecule has 1 aromatic carbocycles. The highest BCUT2D eigenvalue weighted by atomic mass is 16.2. The topological polar surface area (TPSA) is 55.9 Å². The predicted octanol–water partition coefficient (Wildman–Crippen LogP) is 2.65. The van der Waals surface area contributed by atoms with Gasteiger partial charge in [-0.15, -0.1) is 0 Å². The molecule has 1 aromatic rings. The van der Waals surface area contributed by atoms with Crippen LogP contribution in [0.15, 0.2) is 18.2 Å². The Morgan fingerprint density at radius 2 is 1.92 bits per heavy atom. The summed E-state index contributed by atoms with van der Waals surface area (Å²) >= 11 is 0. The van der Waals surface area contributed by atoms with Gasteiger partial charge in [0.05, 0.1) is 0 Å². The Balaban J connectivity index is 1.72.